The van der Waals surface area contributed by atoms with Crippen molar-refractivity contribution in [3.8, 4) is 0 Å². The first-order valence-electron chi connectivity index (χ1n) is 9.38. The van der Waals surface area contributed by atoms with Crippen LogP contribution in [0.5, 0.6) is 0 Å². The molecule has 5 nitrogen and oxygen atoms in total. The van der Waals surface area contributed by atoms with E-state index in [0.29, 0.717) is 18.5 Å². The summed E-state index contributed by atoms with van der Waals surface area (Å²) in [5, 5.41) is 8.75. The summed E-state index contributed by atoms with van der Waals surface area (Å²) >= 11 is 7.95. The van der Waals surface area contributed by atoms with E-state index in [2.05, 4.69) is 51.6 Å². The lowest BCUT2D eigenvalue weighted by molar-refractivity contribution is 0.122. The Morgan fingerprint density at radius 1 is 1.41 bits per heavy atom. The smallest absolute Gasteiger partial charge is 0.191 e. The summed E-state index contributed by atoms with van der Waals surface area (Å²) in [6.07, 6.45) is 4.31. The summed E-state index contributed by atoms with van der Waals surface area (Å²) in [7, 11) is 4.01. The highest BCUT2D eigenvalue weighted by atomic mass is 35.5. The van der Waals surface area contributed by atoms with Gasteiger partial charge in [-0.2, -0.15) is 0 Å². The van der Waals surface area contributed by atoms with Crippen LogP contribution in [0.2, 0.25) is 5.02 Å². The molecule has 3 rings (SSSR count). The van der Waals surface area contributed by atoms with Crippen molar-refractivity contribution in [2.24, 2.45) is 10.9 Å². The summed E-state index contributed by atoms with van der Waals surface area (Å²) in [6, 6.07) is 8.63. The second-order valence-corrected chi connectivity index (χ2v) is 8.81. The van der Waals surface area contributed by atoms with Crippen molar-refractivity contribution in [1.29, 1.82) is 0 Å². The van der Waals surface area contributed by atoms with Gasteiger partial charge in [0.05, 0.1) is 6.54 Å². The lowest BCUT2D eigenvalue weighted by Gasteiger charge is -2.40. The van der Waals surface area contributed by atoms with E-state index in [9.17, 15) is 0 Å². The summed E-state index contributed by atoms with van der Waals surface area (Å²) in [4.78, 5) is 12.4. The molecule has 0 bridgehead atoms. The Bertz CT molecular complexity index is 775. The standard InChI is InChI=1S/C20H28ClN5S/c1-14-11-23-18(27-14)13-25-20(22-2)24-12-16-7-5-9-26(3)19(16)15-6-4-8-17(21)10-15/h4,6,8,10-11,16,19H,5,7,9,12-13H2,1-3H3,(H2,22,24,25). The number of halogens is 1. The van der Waals surface area contributed by atoms with E-state index in [4.69, 9.17) is 11.6 Å². The molecule has 1 aliphatic heterocycles. The fourth-order valence-electron chi connectivity index (χ4n) is 3.78. The average molecular weight is 406 g/mol. The van der Waals surface area contributed by atoms with Crippen LogP contribution in [0.4, 0.5) is 0 Å². The number of benzene rings is 1. The number of thiazole rings is 1. The number of guanidine groups is 1. The minimum absolute atomic E-state index is 0.365. The Labute approximate surface area is 170 Å². The first-order chi connectivity index (χ1) is 13.1. The van der Waals surface area contributed by atoms with Crippen molar-refractivity contribution in [2.45, 2.75) is 32.4 Å². The number of aliphatic imine (C=N–C) groups is 1. The van der Waals surface area contributed by atoms with Crippen LogP contribution in [-0.4, -0.2) is 43.0 Å². The number of aryl methyl sites for hydroxylation is 1. The van der Waals surface area contributed by atoms with Gasteiger partial charge in [0.25, 0.3) is 0 Å². The Morgan fingerprint density at radius 2 is 2.26 bits per heavy atom. The number of nitrogens with zero attached hydrogens (tertiary/aromatic N) is 3. The zero-order valence-electron chi connectivity index (χ0n) is 16.2. The largest absolute Gasteiger partial charge is 0.356 e. The fourth-order valence-corrected chi connectivity index (χ4v) is 4.71. The second-order valence-electron chi connectivity index (χ2n) is 7.05. The molecule has 0 aliphatic carbocycles. The van der Waals surface area contributed by atoms with Crippen LogP contribution < -0.4 is 10.6 Å². The van der Waals surface area contributed by atoms with E-state index in [1.165, 1.54) is 23.3 Å². The number of hydrogen-bond acceptors (Lipinski definition) is 4. The maximum absolute atomic E-state index is 6.24. The summed E-state index contributed by atoms with van der Waals surface area (Å²) < 4.78 is 0. The first-order valence-corrected chi connectivity index (χ1v) is 10.6. The van der Waals surface area contributed by atoms with E-state index in [1.54, 1.807) is 11.3 Å². The van der Waals surface area contributed by atoms with Gasteiger partial charge in [0.15, 0.2) is 5.96 Å². The predicted molar refractivity (Wildman–Crippen MR) is 115 cm³/mol. The van der Waals surface area contributed by atoms with Crippen molar-refractivity contribution in [3.63, 3.8) is 0 Å². The number of nitrogens with one attached hydrogen (secondary N) is 2. The zero-order valence-corrected chi connectivity index (χ0v) is 17.8. The van der Waals surface area contributed by atoms with Gasteiger partial charge in [-0.3, -0.25) is 9.89 Å². The van der Waals surface area contributed by atoms with E-state index in [-0.39, 0.29) is 0 Å². The molecule has 2 unspecified atom stereocenters. The minimum Gasteiger partial charge on any atom is -0.356 e. The van der Waals surface area contributed by atoms with Crippen molar-refractivity contribution >= 4 is 28.9 Å². The molecule has 1 aliphatic rings. The lowest BCUT2D eigenvalue weighted by atomic mass is 9.85. The highest BCUT2D eigenvalue weighted by Gasteiger charge is 2.30. The molecule has 2 N–H and O–H groups in total. The average Bonchev–Trinajstić information content (AvgIpc) is 3.07. The van der Waals surface area contributed by atoms with Crippen molar-refractivity contribution < 1.29 is 0 Å². The maximum Gasteiger partial charge on any atom is 0.191 e. The van der Waals surface area contributed by atoms with Crippen LogP contribution in [0.1, 0.15) is 34.3 Å². The van der Waals surface area contributed by atoms with E-state index >= 15 is 0 Å². The molecule has 7 heteroatoms. The van der Waals surface area contributed by atoms with Crippen molar-refractivity contribution in [1.82, 2.24) is 20.5 Å². The van der Waals surface area contributed by atoms with Gasteiger partial charge < -0.3 is 10.6 Å². The number of piperidine rings is 1. The quantitative estimate of drug-likeness (QED) is 0.586. The van der Waals surface area contributed by atoms with Crippen LogP contribution in [0, 0.1) is 12.8 Å². The molecule has 1 saturated heterocycles. The van der Waals surface area contributed by atoms with Gasteiger partial charge in [0.1, 0.15) is 5.01 Å². The van der Waals surface area contributed by atoms with Gasteiger partial charge in [-0.15, -0.1) is 11.3 Å². The minimum atomic E-state index is 0.365. The van der Waals surface area contributed by atoms with Crippen LogP contribution >= 0.6 is 22.9 Å². The summed E-state index contributed by atoms with van der Waals surface area (Å²) in [5.41, 5.74) is 1.29. The molecule has 146 valence electrons. The topological polar surface area (TPSA) is 52.6 Å². The van der Waals surface area contributed by atoms with Crippen molar-refractivity contribution in [3.05, 3.63) is 50.9 Å². The number of hydrogen-bond donors (Lipinski definition) is 2. The van der Waals surface area contributed by atoms with Crippen LogP contribution in [0.3, 0.4) is 0 Å². The molecular formula is C20H28ClN5S. The highest BCUT2D eigenvalue weighted by molar-refractivity contribution is 7.11. The Kier molecular flexibility index (Phi) is 7.10. The number of aromatic nitrogens is 1. The molecule has 0 saturated carbocycles. The van der Waals surface area contributed by atoms with E-state index in [0.717, 1.165) is 29.1 Å². The second kappa shape index (κ2) is 9.53. The molecule has 1 aromatic carbocycles. The van der Waals surface area contributed by atoms with Gasteiger partial charge in [0, 0.05) is 35.7 Å². The third-order valence-electron chi connectivity index (χ3n) is 5.03. The zero-order chi connectivity index (χ0) is 19.2. The Balaban J connectivity index is 1.61. The van der Waals surface area contributed by atoms with E-state index in [1.807, 2.05) is 25.4 Å². The number of likely N-dealkylation sites (tertiary alicyclic amines) is 1. The van der Waals surface area contributed by atoms with Crippen molar-refractivity contribution in [2.75, 3.05) is 27.2 Å². The van der Waals surface area contributed by atoms with Gasteiger partial charge in [-0.25, -0.2) is 4.98 Å². The third-order valence-corrected chi connectivity index (χ3v) is 6.18. The number of rotatable bonds is 5. The maximum atomic E-state index is 6.24. The van der Waals surface area contributed by atoms with E-state index < -0.39 is 0 Å². The lowest BCUT2D eigenvalue weighted by Crippen LogP contribution is -2.44. The van der Waals surface area contributed by atoms with Gasteiger partial charge in [0.2, 0.25) is 0 Å². The Morgan fingerprint density at radius 3 is 2.96 bits per heavy atom. The summed E-state index contributed by atoms with van der Waals surface area (Å²) in [6.45, 7) is 4.76. The molecule has 2 aromatic rings. The molecule has 0 amide bonds. The molecule has 2 heterocycles. The SMILES string of the molecule is CN=C(NCc1ncc(C)s1)NCC1CCCN(C)C1c1cccc(Cl)c1. The normalized spacial score (nSPS) is 21.3. The van der Waals surface area contributed by atoms with Crippen LogP contribution in [-0.2, 0) is 6.54 Å². The predicted octanol–water partition coefficient (Wildman–Crippen LogP) is 3.85. The van der Waals surface area contributed by atoms with Gasteiger partial charge in [-0.1, -0.05) is 23.7 Å². The third kappa shape index (κ3) is 5.43. The first kappa shape index (κ1) is 20.1. The Hall–Kier alpha value is -1.63. The molecular weight excluding hydrogens is 378 g/mol. The fraction of sp³-hybridized carbons (Fsp3) is 0.500. The monoisotopic (exact) mass is 405 g/mol. The van der Waals surface area contributed by atoms with Crippen LogP contribution in [0.25, 0.3) is 0 Å². The molecule has 1 fully saturated rings. The molecule has 1 aromatic heterocycles. The van der Waals surface area contributed by atoms with Gasteiger partial charge in [-0.05, 0) is 57.0 Å². The molecule has 0 spiro atoms. The van der Waals surface area contributed by atoms with Gasteiger partial charge >= 0.3 is 0 Å². The molecule has 2 atom stereocenters. The van der Waals surface area contributed by atoms with Crippen LogP contribution in [0.15, 0.2) is 35.5 Å². The summed E-state index contributed by atoms with van der Waals surface area (Å²) in [5.74, 6) is 1.32. The molecule has 27 heavy (non-hydrogen) atoms. The highest BCUT2D eigenvalue weighted by Crippen LogP contribution is 2.35. The molecule has 0 radical (unpaired) electrons.